The molecule has 21 heavy (non-hydrogen) atoms. The summed E-state index contributed by atoms with van der Waals surface area (Å²) < 4.78 is 0. The van der Waals surface area contributed by atoms with Crippen molar-refractivity contribution in [2.45, 2.75) is 90.4 Å². The van der Waals surface area contributed by atoms with Crippen molar-refractivity contribution < 1.29 is 0 Å². The average Bonchev–Trinajstić information content (AvgIpc) is 2.39. The standard InChI is InChI=1S/C16H32.C3H9N.ClH/c1-3-5-7-9-11-13-15-16-14-12-10-8-6-4-2;1-4(2)3;/h3H,1,4-16H2,2H3;1-3H3;1H. The van der Waals surface area contributed by atoms with E-state index in [0.29, 0.717) is 0 Å². The monoisotopic (exact) mass is 319 g/mol. The summed E-state index contributed by atoms with van der Waals surface area (Å²) in [6, 6.07) is 0. The van der Waals surface area contributed by atoms with Gasteiger partial charge in [0.05, 0.1) is 0 Å². The van der Waals surface area contributed by atoms with Crippen LogP contribution in [0.2, 0.25) is 0 Å². The Hall–Kier alpha value is -0.0100. The number of unbranched alkanes of at least 4 members (excludes halogenated alkanes) is 12. The molecule has 0 heterocycles. The third kappa shape index (κ3) is 38.3. The van der Waals surface area contributed by atoms with Crippen molar-refractivity contribution in [3.63, 3.8) is 0 Å². The lowest BCUT2D eigenvalue weighted by Gasteiger charge is -2.02. The predicted molar refractivity (Wildman–Crippen MR) is 103 cm³/mol. The first-order valence-electron chi connectivity index (χ1n) is 8.87. The van der Waals surface area contributed by atoms with Crippen LogP contribution in [0, 0.1) is 0 Å². The van der Waals surface area contributed by atoms with Crippen LogP contribution in [0.4, 0.5) is 0 Å². The minimum absolute atomic E-state index is 0. The van der Waals surface area contributed by atoms with E-state index in [9.17, 15) is 0 Å². The molecule has 2 heteroatoms. The molecule has 0 bridgehead atoms. The van der Waals surface area contributed by atoms with Gasteiger partial charge in [-0.05, 0) is 34.0 Å². The van der Waals surface area contributed by atoms with E-state index in [2.05, 4.69) is 13.5 Å². The number of hydrogen-bond acceptors (Lipinski definition) is 1. The molecule has 0 aromatic carbocycles. The van der Waals surface area contributed by atoms with E-state index in [1.165, 1.54) is 83.5 Å². The van der Waals surface area contributed by atoms with Gasteiger partial charge in [0.2, 0.25) is 0 Å². The zero-order valence-electron chi connectivity index (χ0n) is 15.3. The number of rotatable bonds is 13. The highest BCUT2D eigenvalue weighted by molar-refractivity contribution is 5.85. The van der Waals surface area contributed by atoms with Gasteiger partial charge in [0, 0.05) is 0 Å². The second-order valence-corrected chi connectivity index (χ2v) is 6.31. The van der Waals surface area contributed by atoms with E-state index < -0.39 is 0 Å². The van der Waals surface area contributed by atoms with Gasteiger partial charge in [-0.2, -0.15) is 0 Å². The summed E-state index contributed by atoms with van der Waals surface area (Å²) in [7, 11) is 6.00. The fourth-order valence-corrected chi connectivity index (χ4v) is 2.13. The largest absolute Gasteiger partial charge is 0.312 e. The van der Waals surface area contributed by atoms with Crippen molar-refractivity contribution in [2.75, 3.05) is 21.1 Å². The van der Waals surface area contributed by atoms with Crippen LogP contribution in [0.3, 0.4) is 0 Å². The molecule has 0 saturated heterocycles. The van der Waals surface area contributed by atoms with Gasteiger partial charge in [0.25, 0.3) is 0 Å². The highest BCUT2D eigenvalue weighted by atomic mass is 35.5. The van der Waals surface area contributed by atoms with Crippen LogP contribution in [0.5, 0.6) is 0 Å². The van der Waals surface area contributed by atoms with E-state index in [4.69, 9.17) is 0 Å². The van der Waals surface area contributed by atoms with Gasteiger partial charge in [-0.1, -0.05) is 83.6 Å². The second kappa shape index (κ2) is 25.0. The lowest BCUT2D eigenvalue weighted by atomic mass is 10.0. The third-order valence-corrected chi connectivity index (χ3v) is 3.26. The van der Waals surface area contributed by atoms with Crippen molar-refractivity contribution in [2.24, 2.45) is 0 Å². The molecule has 0 aliphatic carbocycles. The van der Waals surface area contributed by atoms with E-state index >= 15 is 0 Å². The summed E-state index contributed by atoms with van der Waals surface area (Å²) in [5, 5.41) is 0. The van der Waals surface area contributed by atoms with Gasteiger partial charge in [-0.3, -0.25) is 0 Å². The molecule has 0 amide bonds. The summed E-state index contributed by atoms with van der Waals surface area (Å²) in [4.78, 5) is 2.00. The fourth-order valence-electron chi connectivity index (χ4n) is 2.13. The molecule has 0 unspecified atom stereocenters. The molecule has 130 valence electrons. The molecular formula is C19H42ClN. The lowest BCUT2D eigenvalue weighted by molar-refractivity contribution is 0.505. The Labute approximate surface area is 142 Å². The van der Waals surface area contributed by atoms with Gasteiger partial charge in [0.15, 0.2) is 0 Å². The van der Waals surface area contributed by atoms with E-state index in [1.807, 2.05) is 32.1 Å². The Balaban J connectivity index is -0.000000572. The minimum atomic E-state index is 0. The Kier molecular flexibility index (Phi) is 30.8. The molecule has 1 nitrogen and oxygen atoms in total. The summed E-state index contributed by atoms with van der Waals surface area (Å²) in [5.74, 6) is 0. The summed E-state index contributed by atoms with van der Waals surface area (Å²) in [6.45, 7) is 6.03. The van der Waals surface area contributed by atoms with Crippen molar-refractivity contribution >= 4 is 12.4 Å². The Morgan fingerprint density at radius 1 is 0.667 bits per heavy atom. The van der Waals surface area contributed by atoms with Crippen molar-refractivity contribution in [3.05, 3.63) is 12.7 Å². The molecule has 0 spiro atoms. The topological polar surface area (TPSA) is 3.24 Å². The van der Waals surface area contributed by atoms with Crippen LogP contribution >= 0.6 is 12.4 Å². The molecule has 0 aliphatic heterocycles. The van der Waals surface area contributed by atoms with Gasteiger partial charge in [-0.15, -0.1) is 19.0 Å². The molecular weight excluding hydrogens is 278 g/mol. The molecule has 0 aliphatic rings. The average molecular weight is 320 g/mol. The number of halogens is 1. The first kappa shape index (κ1) is 25.9. The van der Waals surface area contributed by atoms with Crippen molar-refractivity contribution in [1.82, 2.24) is 4.90 Å². The van der Waals surface area contributed by atoms with Crippen molar-refractivity contribution in [1.29, 1.82) is 0 Å². The molecule has 0 rings (SSSR count). The maximum atomic E-state index is 3.75. The maximum Gasteiger partial charge on any atom is -0.0140 e. The van der Waals surface area contributed by atoms with Crippen LogP contribution in [-0.4, -0.2) is 26.0 Å². The second-order valence-electron chi connectivity index (χ2n) is 6.31. The number of allylic oxidation sites excluding steroid dienone is 1. The summed E-state index contributed by atoms with van der Waals surface area (Å²) in [5.41, 5.74) is 0. The minimum Gasteiger partial charge on any atom is -0.312 e. The van der Waals surface area contributed by atoms with Gasteiger partial charge in [0.1, 0.15) is 0 Å². The molecule has 0 atom stereocenters. The first-order chi connectivity index (χ1) is 9.65. The van der Waals surface area contributed by atoms with Crippen LogP contribution in [0.1, 0.15) is 90.4 Å². The zero-order valence-corrected chi connectivity index (χ0v) is 16.1. The Bertz CT molecular complexity index is 166. The van der Waals surface area contributed by atoms with Gasteiger partial charge >= 0.3 is 0 Å². The normalized spacial score (nSPS) is 9.76. The molecule has 0 saturated carbocycles. The number of hydrogen-bond donors (Lipinski definition) is 0. The van der Waals surface area contributed by atoms with Crippen molar-refractivity contribution in [3.8, 4) is 0 Å². The Morgan fingerprint density at radius 2 is 0.952 bits per heavy atom. The summed E-state index contributed by atoms with van der Waals surface area (Å²) in [6.07, 6.45) is 20.5. The molecule has 0 aromatic heterocycles. The maximum absolute atomic E-state index is 3.75. The van der Waals surface area contributed by atoms with Crippen LogP contribution < -0.4 is 0 Å². The first-order valence-corrected chi connectivity index (χ1v) is 8.87. The predicted octanol–water partition coefficient (Wildman–Crippen LogP) is 6.86. The smallest absolute Gasteiger partial charge is 0.0140 e. The highest BCUT2D eigenvalue weighted by Gasteiger charge is 1.92. The number of nitrogens with zero attached hydrogens (tertiary/aromatic N) is 1. The SMILES string of the molecule is C=CCCCCCCCCCCCCCC.CN(C)C.Cl. The molecule has 0 radical (unpaired) electrons. The van der Waals surface area contributed by atoms with Crippen LogP contribution in [0.25, 0.3) is 0 Å². The third-order valence-electron chi connectivity index (χ3n) is 3.26. The highest BCUT2D eigenvalue weighted by Crippen LogP contribution is 2.12. The Morgan fingerprint density at radius 3 is 1.24 bits per heavy atom. The molecule has 0 N–H and O–H groups in total. The molecule has 0 fully saturated rings. The zero-order chi connectivity index (χ0) is 15.5. The van der Waals surface area contributed by atoms with E-state index in [1.54, 1.807) is 0 Å². The van der Waals surface area contributed by atoms with Gasteiger partial charge < -0.3 is 4.90 Å². The van der Waals surface area contributed by atoms with Crippen LogP contribution in [-0.2, 0) is 0 Å². The van der Waals surface area contributed by atoms with Crippen LogP contribution in [0.15, 0.2) is 12.7 Å². The van der Waals surface area contributed by atoms with E-state index in [0.717, 1.165) is 0 Å². The quantitative estimate of drug-likeness (QED) is 0.264. The summed E-state index contributed by atoms with van der Waals surface area (Å²) >= 11 is 0. The van der Waals surface area contributed by atoms with Gasteiger partial charge in [-0.25, -0.2) is 0 Å². The fraction of sp³-hybridized carbons (Fsp3) is 0.895. The van der Waals surface area contributed by atoms with E-state index in [-0.39, 0.29) is 12.4 Å². The molecule has 0 aromatic rings. The lowest BCUT2D eigenvalue weighted by Crippen LogP contribution is -1.99.